The summed E-state index contributed by atoms with van der Waals surface area (Å²) < 4.78 is 11.3. The number of esters is 1. The Labute approximate surface area is 107 Å². The number of hydrogen-bond acceptors (Lipinski definition) is 3. The number of carbonyl (C=O) groups is 1. The molecule has 0 aromatic heterocycles. The summed E-state index contributed by atoms with van der Waals surface area (Å²) in [6.45, 7) is 8.35. The Balaban J connectivity index is 1.98. The molecule has 18 heavy (non-hydrogen) atoms. The molecule has 0 unspecified atom stereocenters. The Morgan fingerprint density at radius 1 is 1.39 bits per heavy atom. The van der Waals surface area contributed by atoms with Crippen molar-refractivity contribution < 1.29 is 14.3 Å². The maximum absolute atomic E-state index is 11.4. The summed E-state index contributed by atoms with van der Waals surface area (Å²) in [4.78, 5) is 11.4. The van der Waals surface area contributed by atoms with Gasteiger partial charge in [-0.15, -0.1) is 0 Å². The first kappa shape index (κ1) is 11.6. The van der Waals surface area contributed by atoms with Gasteiger partial charge in [0.1, 0.15) is 17.1 Å². The summed E-state index contributed by atoms with van der Waals surface area (Å²) in [5, 5.41) is 0. The van der Waals surface area contributed by atoms with Crippen LogP contribution < -0.4 is 0 Å². The maximum Gasteiger partial charge on any atom is 0.310 e. The zero-order valence-electron chi connectivity index (χ0n) is 10.9. The molecular formula is C15H18O3. The van der Waals surface area contributed by atoms with Crippen LogP contribution >= 0.6 is 0 Å². The summed E-state index contributed by atoms with van der Waals surface area (Å²) in [6.07, 6.45) is 5.18. The van der Waals surface area contributed by atoms with Crippen LogP contribution in [-0.4, -0.2) is 11.6 Å². The molecule has 96 valence electrons. The molecule has 1 saturated heterocycles. The fourth-order valence-corrected chi connectivity index (χ4v) is 2.87. The smallest absolute Gasteiger partial charge is 0.310 e. The first-order chi connectivity index (χ1) is 8.46. The predicted octanol–water partition coefficient (Wildman–Crippen LogP) is 3.24. The van der Waals surface area contributed by atoms with E-state index in [9.17, 15) is 4.79 Å². The molecule has 0 aromatic carbocycles. The normalized spacial score (nSPS) is 29.9. The fraction of sp³-hybridized carbons (Fsp3) is 0.533. The molecule has 0 N–H and O–H groups in total. The molecule has 0 aromatic rings. The van der Waals surface area contributed by atoms with Crippen molar-refractivity contribution in [2.24, 2.45) is 5.92 Å². The lowest BCUT2D eigenvalue weighted by Crippen LogP contribution is -2.32. The van der Waals surface area contributed by atoms with Gasteiger partial charge in [-0.3, -0.25) is 4.79 Å². The van der Waals surface area contributed by atoms with E-state index in [2.05, 4.69) is 20.4 Å². The van der Waals surface area contributed by atoms with Crippen molar-refractivity contribution in [2.75, 3.05) is 0 Å². The van der Waals surface area contributed by atoms with E-state index in [0.717, 1.165) is 30.6 Å². The molecular weight excluding hydrogens is 228 g/mol. The molecule has 0 amide bonds. The van der Waals surface area contributed by atoms with Crippen LogP contribution in [0.4, 0.5) is 0 Å². The number of ether oxygens (including phenoxy) is 2. The molecule has 3 heteroatoms. The Hall–Kier alpha value is -1.51. The highest BCUT2D eigenvalue weighted by molar-refractivity contribution is 5.73. The van der Waals surface area contributed by atoms with Gasteiger partial charge in [-0.2, -0.15) is 0 Å². The van der Waals surface area contributed by atoms with Crippen molar-refractivity contribution in [3.05, 3.63) is 35.3 Å². The van der Waals surface area contributed by atoms with Gasteiger partial charge in [0.2, 0.25) is 0 Å². The van der Waals surface area contributed by atoms with Gasteiger partial charge < -0.3 is 9.47 Å². The average Bonchev–Trinajstić information content (AvgIpc) is 2.27. The Morgan fingerprint density at radius 2 is 2.17 bits per heavy atom. The molecule has 2 aliphatic heterocycles. The van der Waals surface area contributed by atoms with Crippen LogP contribution in [0.15, 0.2) is 35.3 Å². The summed E-state index contributed by atoms with van der Waals surface area (Å²) >= 11 is 0. The van der Waals surface area contributed by atoms with Gasteiger partial charge in [-0.05, 0) is 44.3 Å². The third kappa shape index (κ3) is 1.78. The molecule has 3 rings (SSSR count). The number of rotatable bonds is 0. The van der Waals surface area contributed by atoms with Crippen LogP contribution in [0.2, 0.25) is 0 Å². The molecule has 1 atom stereocenters. The van der Waals surface area contributed by atoms with E-state index < -0.39 is 0 Å². The van der Waals surface area contributed by atoms with Gasteiger partial charge in [0.25, 0.3) is 0 Å². The van der Waals surface area contributed by atoms with E-state index in [1.807, 2.05) is 6.08 Å². The lowest BCUT2D eigenvalue weighted by atomic mass is 9.78. The van der Waals surface area contributed by atoms with Gasteiger partial charge in [0, 0.05) is 18.4 Å². The predicted molar refractivity (Wildman–Crippen MR) is 67.5 cm³/mol. The SMILES string of the molecule is C=C1C2=C(C=C3OC(=O)CC[C@@H]13)OC(C)(C)CC2. The fourth-order valence-electron chi connectivity index (χ4n) is 2.87. The Bertz CT molecular complexity index is 494. The molecule has 3 aliphatic rings. The number of allylic oxidation sites excluding steroid dienone is 3. The molecule has 1 aliphatic carbocycles. The third-order valence-electron chi connectivity index (χ3n) is 3.95. The van der Waals surface area contributed by atoms with Crippen molar-refractivity contribution in [3.8, 4) is 0 Å². The monoisotopic (exact) mass is 246 g/mol. The van der Waals surface area contributed by atoms with Crippen molar-refractivity contribution in [1.82, 2.24) is 0 Å². The van der Waals surface area contributed by atoms with Gasteiger partial charge in [-0.1, -0.05) is 6.58 Å². The highest BCUT2D eigenvalue weighted by Crippen LogP contribution is 2.45. The van der Waals surface area contributed by atoms with Gasteiger partial charge >= 0.3 is 5.97 Å². The molecule has 0 radical (unpaired) electrons. The minimum atomic E-state index is -0.151. The van der Waals surface area contributed by atoms with Crippen molar-refractivity contribution in [2.45, 2.75) is 45.1 Å². The largest absolute Gasteiger partial charge is 0.487 e. The quantitative estimate of drug-likeness (QED) is 0.615. The molecule has 0 spiro atoms. The van der Waals surface area contributed by atoms with Crippen LogP contribution in [-0.2, 0) is 14.3 Å². The second kappa shape index (κ2) is 3.74. The standard InChI is InChI=1S/C15H18O3/c1-9-10-4-5-14(16)17-12(10)8-13-11(9)6-7-15(2,3)18-13/h8,10H,1,4-7H2,2-3H3/t10-/m0/s1. The highest BCUT2D eigenvalue weighted by atomic mass is 16.5. The number of hydrogen-bond donors (Lipinski definition) is 0. The molecule has 2 heterocycles. The van der Waals surface area contributed by atoms with E-state index in [1.54, 1.807) is 0 Å². The first-order valence-corrected chi connectivity index (χ1v) is 6.50. The first-order valence-electron chi connectivity index (χ1n) is 6.50. The topological polar surface area (TPSA) is 35.5 Å². The Kier molecular flexibility index (Phi) is 2.40. The lowest BCUT2D eigenvalue weighted by Gasteiger charge is -2.39. The van der Waals surface area contributed by atoms with E-state index in [-0.39, 0.29) is 17.5 Å². The van der Waals surface area contributed by atoms with Crippen molar-refractivity contribution in [3.63, 3.8) is 0 Å². The van der Waals surface area contributed by atoms with Crippen LogP contribution in [0.5, 0.6) is 0 Å². The summed E-state index contributed by atoms with van der Waals surface area (Å²) in [6, 6.07) is 0. The summed E-state index contributed by atoms with van der Waals surface area (Å²) in [5.74, 6) is 1.58. The maximum atomic E-state index is 11.4. The zero-order valence-corrected chi connectivity index (χ0v) is 10.9. The minimum absolute atomic E-state index is 0.149. The van der Waals surface area contributed by atoms with Gasteiger partial charge in [0.15, 0.2) is 0 Å². The van der Waals surface area contributed by atoms with Crippen LogP contribution in [0.3, 0.4) is 0 Å². The van der Waals surface area contributed by atoms with Crippen molar-refractivity contribution in [1.29, 1.82) is 0 Å². The van der Waals surface area contributed by atoms with Crippen LogP contribution in [0.25, 0.3) is 0 Å². The van der Waals surface area contributed by atoms with Crippen LogP contribution in [0, 0.1) is 5.92 Å². The molecule has 3 nitrogen and oxygen atoms in total. The molecule has 0 saturated carbocycles. The number of fused-ring (bicyclic) bond motifs is 1. The van der Waals surface area contributed by atoms with Gasteiger partial charge in [-0.25, -0.2) is 0 Å². The zero-order chi connectivity index (χ0) is 12.9. The average molecular weight is 246 g/mol. The van der Waals surface area contributed by atoms with E-state index in [4.69, 9.17) is 9.47 Å². The second-order valence-electron chi connectivity index (χ2n) is 5.84. The van der Waals surface area contributed by atoms with E-state index in [0.29, 0.717) is 12.2 Å². The summed E-state index contributed by atoms with van der Waals surface area (Å²) in [7, 11) is 0. The summed E-state index contributed by atoms with van der Waals surface area (Å²) in [5.41, 5.74) is 2.13. The van der Waals surface area contributed by atoms with Crippen LogP contribution in [0.1, 0.15) is 39.5 Å². The van der Waals surface area contributed by atoms with E-state index in [1.165, 1.54) is 5.57 Å². The number of carbonyl (C=O) groups excluding carboxylic acids is 1. The lowest BCUT2D eigenvalue weighted by molar-refractivity contribution is -0.143. The van der Waals surface area contributed by atoms with Gasteiger partial charge in [0.05, 0.1) is 0 Å². The Morgan fingerprint density at radius 3 is 2.94 bits per heavy atom. The third-order valence-corrected chi connectivity index (χ3v) is 3.95. The van der Waals surface area contributed by atoms with E-state index >= 15 is 0 Å². The second-order valence-corrected chi connectivity index (χ2v) is 5.84. The molecule has 0 bridgehead atoms. The molecule has 1 fully saturated rings. The highest BCUT2D eigenvalue weighted by Gasteiger charge is 2.38. The van der Waals surface area contributed by atoms with Crippen molar-refractivity contribution >= 4 is 5.97 Å². The minimum Gasteiger partial charge on any atom is -0.487 e.